The molecule has 3 aliphatic rings. The summed E-state index contributed by atoms with van der Waals surface area (Å²) >= 11 is 0. The predicted molar refractivity (Wildman–Crippen MR) is 110 cm³/mol. The third-order valence-corrected chi connectivity index (χ3v) is 7.71. The van der Waals surface area contributed by atoms with E-state index in [1.54, 1.807) is 0 Å². The van der Waals surface area contributed by atoms with Crippen molar-refractivity contribution in [2.75, 3.05) is 0 Å². The zero-order valence-electron chi connectivity index (χ0n) is 17.6. The van der Waals surface area contributed by atoms with Crippen molar-refractivity contribution in [2.24, 2.45) is 23.7 Å². The van der Waals surface area contributed by atoms with Crippen molar-refractivity contribution in [3.63, 3.8) is 0 Å². The first-order chi connectivity index (χ1) is 13.5. The minimum absolute atomic E-state index is 0.0467. The summed E-state index contributed by atoms with van der Waals surface area (Å²) in [5.74, 6) is 1.60. The smallest absolute Gasteiger partial charge is 0.201 e. The quantitative estimate of drug-likeness (QED) is 0.526. The molecule has 2 aliphatic carbocycles. The summed E-state index contributed by atoms with van der Waals surface area (Å²) < 4.78 is 35.7. The molecular weight excluding hydrogens is 354 g/mol. The molecule has 2 saturated carbocycles. The van der Waals surface area contributed by atoms with E-state index in [0.717, 1.165) is 49.5 Å². The van der Waals surface area contributed by atoms with Gasteiger partial charge in [-0.15, -0.1) is 0 Å². The van der Waals surface area contributed by atoms with Gasteiger partial charge in [-0.2, -0.15) is 4.39 Å². The molecule has 28 heavy (non-hydrogen) atoms. The highest BCUT2D eigenvalue weighted by Gasteiger charge is 2.30. The monoisotopic (exact) mass is 390 g/mol. The van der Waals surface area contributed by atoms with Crippen molar-refractivity contribution in [3.8, 4) is 5.75 Å². The van der Waals surface area contributed by atoms with Gasteiger partial charge in [0, 0.05) is 0 Å². The fourth-order valence-corrected chi connectivity index (χ4v) is 5.67. The number of ether oxygens (including phenoxy) is 1. The van der Waals surface area contributed by atoms with Crippen LogP contribution in [0.4, 0.5) is 8.78 Å². The number of benzene rings is 1. The molecule has 0 bridgehead atoms. The number of aryl methyl sites for hydroxylation is 1. The third-order valence-electron chi connectivity index (χ3n) is 7.71. The summed E-state index contributed by atoms with van der Waals surface area (Å²) in [5.41, 5.74) is 1.45. The number of hydrogen-bond donors (Lipinski definition) is 0. The summed E-state index contributed by atoms with van der Waals surface area (Å²) in [7, 11) is 0. The second kappa shape index (κ2) is 8.71. The average Bonchev–Trinajstić information content (AvgIpc) is 2.70. The van der Waals surface area contributed by atoms with E-state index in [0.29, 0.717) is 23.8 Å². The number of hydrogen-bond acceptors (Lipinski definition) is 1. The Morgan fingerprint density at radius 3 is 2.07 bits per heavy atom. The van der Waals surface area contributed by atoms with Crippen molar-refractivity contribution < 1.29 is 13.5 Å². The Kier molecular flexibility index (Phi) is 6.27. The van der Waals surface area contributed by atoms with Crippen molar-refractivity contribution in [2.45, 2.75) is 97.0 Å². The predicted octanol–water partition coefficient (Wildman–Crippen LogP) is 7.24. The summed E-state index contributed by atoms with van der Waals surface area (Å²) in [5, 5.41) is 0. The molecule has 1 heterocycles. The molecule has 0 aromatic heterocycles. The molecule has 1 aliphatic heterocycles. The maximum Gasteiger partial charge on any atom is 0.201 e. The summed E-state index contributed by atoms with van der Waals surface area (Å²) in [6.45, 7) is 4.62. The van der Waals surface area contributed by atoms with Gasteiger partial charge >= 0.3 is 0 Å². The lowest BCUT2D eigenvalue weighted by molar-refractivity contribution is 0.118. The zero-order chi connectivity index (χ0) is 19.7. The maximum absolute atomic E-state index is 14.9. The molecule has 1 aromatic carbocycles. The van der Waals surface area contributed by atoms with Crippen LogP contribution in [-0.4, -0.2) is 6.10 Å². The molecule has 1 aromatic rings. The molecule has 1 atom stereocenters. The van der Waals surface area contributed by atoms with Gasteiger partial charge in [-0.05, 0) is 79.4 Å². The van der Waals surface area contributed by atoms with Gasteiger partial charge in [-0.1, -0.05) is 52.4 Å². The van der Waals surface area contributed by atoms with E-state index in [-0.39, 0.29) is 11.9 Å². The van der Waals surface area contributed by atoms with Gasteiger partial charge in [0.05, 0.1) is 6.10 Å². The minimum atomic E-state index is -0.737. The average molecular weight is 391 g/mol. The van der Waals surface area contributed by atoms with Crippen LogP contribution in [0.3, 0.4) is 0 Å². The molecule has 2 fully saturated rings. The molecule has 0 amide bonds. The molecule has 1 unspecified atom stereocenters. The molecule has 0 saturated heterocycles. The Balaban J connectivity index is 1.42. The molecule has 1 nitrogen and oxygen atoms in total. The molecule has 0 spiro atoms. The van der Waals surface area contributed by atoms with Crippen molar-refractivity contribution in [1.82, 2.24) is 0 Å². The molecule has 3 heteroatoms. The van der Waals surface area contributed by atoms with E-state index in [1.807, 2.05) is 6.07 Å². The number of fused-ring (bicyclic) bond motifs is 1. The zero-order valence-corrected chi connectivity index (χ0v) is 17.6. The Morgan fingerprint density at radius 2 is 1.43 bits per heavy atom. The summed E-state index contributed by atoms with van der Waals surface area (Å²) in [4.78, 5) is 0. The standard InChI is InChI=1S/C25H36F2O/c1-16-3-7-18(8-4-16)13-21-15-20-11-12-22(28-25(20)24(27)23(21)26)14-19-9-5-17(2)6-10-19/h15-19,22H,3-14H2,1-2H3. The van der Waals surface area contributed by atoms with Crippen LogP contribution >= 0.6 is 0 Å². The molecule has 4 rings (SSSR count). The lowest BCUT2D eigenvalue weighted by Gasteiger charge is -2.33. The molecular formula is C25H36F2O. The molecule has 156 valence electrons. The Labute approximate surface area is 169 Å². The first-order valence-corrected chi connectivity index (χ1v) is 11.7. The second-order valence-corrected chi connectivity index (χ2v) is 10.1. The van der Waals surface area contributed by atoms with Crippen molar-refractivity contribution in [1.29, 1.82) is 0 Å². The topological polar surface area (TPSA) is 9.23 Å². The maximum atomic E-state index is 14.9. The Hall–Kier alpha value is -1.12. The highest BCUT2D eigenvalue weighted by Crippen LogP contribution is 2.39. The van der Waals surface area contributed by atoms with E-state index >= 15 is 0 Å². The highest BCUT2D eigenvalue weighted by atomic mass is 19.2. The van der Waals surface area contributed by atoms with Crippen LogP contribution in [0, 0.1) is 35.3 Å². The fraction of sp³-hybridized carbons (Fsp3) is 0.760. The van der Waals surface area contributed by atoms with E-state index in [9.17, 15) is 8.78 Å². The summed E-state index contributed by atoms with van der Waals surface area (Å²) in [6, 6.07) is 1.91. The fourth-order valence-electron chi connectivity index (χ4n) is 5.67. The second-order valence-electron chi connectivity index (χ2n) is 10.1. The van der Waals surface area contributed by atoms with Crippen molar-refractivity contribution in [3.05, 3.63) is 28.8 Å². The van der Waals surface area contributed by atoms with Crippen LogP contribution in [-0.2, 0) is 12.8 Å². The Morgan fingerprint density at radius 1 is 0.821 bits per heavy atom. The lowest BCUT2D eigenvalue weighted by atomic mass is 9.79. The van der Waals surface area contributed by atoms with Crippen molar-refractivity contribution >= 4 is 0 Å². The van der Waals surface area contributed by atoms with Crippen LogP contribution in [0.1, 0.15) is 89.2 Å². The van der Waals surface area contributed by atoms with Crippen LogP contribution in [0.15, 0.2) is 6.07 Å². The van der Waals surface area contributed by atoms with Crippen LogP contribution in [0.25, 0.3) is 0 Å². The van der Waals surface area contributed by atoms with Gasteiger partial charge in [0.25, 0.3) is 0 Å². The molecule has 0 radical (unpaired) electrons. The Bertz CT molecular complexity index is 670. The normalized spacial score (nSPS) is 33.2. The first-order valence-electron chi connectivity index (χ1n) is 11.7. The van der Waals surface area contributed by atoms with Gasteiger partial charge in [-0.3, -0.25) is 0 Å². The van der Waals surface area contributed by atoms with Crippen LogP contribution < -0.4 is 4.74 Å². The van der Waals surface area contributed by atoms with E-state index in [2.05, 4.69) is 13.8 Å². The minimum Gasteiger partial charge on any atom is -0.487 e. The van der Waals surface area contributed by atoms with E-state index < -0.39 is 11.6 Å². The third kappa shape index (κ3) is 4.54. The van der Waals surface area contributed by atoms with Crippen LogP contribution in [0.2, 0.25) is 0 Å². The van der Waals surface area contributed by atoms with Gasteiger partial charge in [-0.25, -0.2) is 4.39 Å². The highest BCUT2D eigenvalue weighted by molar-refractivity contribution is 5.41. The van der Waals surface area contributed by atoms with E-state index in [4.69, 9.17) is 4.74 Å². The van der Waals surface area contributed by atoms with Gasteiger partial charge in [0.15, 0.2) is 11.6 Å². The van der Waals surface area contributed by atoms with Gasteiger partial charge in [0.1, 0.15) is 0 Å². The van der Waals surface area contributed by atoms with E-state index in [1.165, 1.54) is 38.5 Å². The van der Waals surface area contributed by atoms with Gasteiger partial charge < -0.3 is 4.74 Å². The number of rotatable bonds is 4. The van der Waals surface area contributed by atoms with Gasteiger partial charge in [0.2, 0.25) is 5.82 Å². The largest absolute Gasteiger partial charge is 0.487 e. The SMILES string of the molecule is CC1CCC(Cc2cc3c(c(F)c2F)OC(CC2CCC(C)CC2)CC3)CC1. The first kappa shape index (κ1) is 20.2. The molecule has 0 N–H and O–H groups in total. The lowest BCUT2D eigenvalue weighted by Crippen LogP contribution is -2.28. The number of halogens is 2. The van der Waals surface area contributed by atoms with Crippen LogP contribution in [0.5, 0.6) is 5.75 Å². The summed E-state index contributed by atoms with van der Waals surface area (Å²) in [6.07, 6.45) is 13.3.